The maximum absolute atomic E-state index is 11.4. The molecule has 8 heteroatoms. The van der Waals surface area contributed by atoms with Gasteiger partial charge in [0.05, 0.1) is 7.11 Å². The highest BCUT2D eigenvalue weighted by Gasteiger charge is 2.11. The van der Waals surface area contributed by atoms with Gasteiger partial charge >= 0.3 is 6.03 Å². The minimum absolute atomic E-state index is 0.154. The van der Waals surface area contributed by atoms with Crippen LogP contribution in [-0.4, -0.2) is 53.2 Å². The number of imidazole rings is 1. The first-order valence-electron chi connectivity index (χ1n) is 6.15. The number of hydrogen-bond donors (Lipinski definition) is 2. The van der Waals surface area contributed by atoms with E-state index in [0.717, 1.165) is 0 Å². The zero-order valence-electron chi connectivity index (χ0n) is 11.8. The summed E-state index contributed by atoms with van der Waals surface area (Å²) in [5.74, 6) is 0.857. The maximum atomic E-state index is 11.4. The number of rotatable bonds is 4. The number of amides is 2. The average molecular weight is 278 g/mol. The van der Waals surface area contributed by atoms with Gasteiger partial charge in [0.1, 0.15) is 5.52 Å². The van der Waals surface area contributed by atoms with Gasteiger partial charge in [0.2, 0.25) is 11.8 Å². The Morgan fingerprint density at radius 3 is 2.85 bits per heavy atom. The van der Waals surface area contributed by atoms with Crippen LogP contribution >= 0.6 is 0 Å². The summed E-state index contributed by atoms with van der Waals surface area (Å²) in [5.41, 5.74) is 7.21. The van der Waals surface area contributed by atoms with E-state index in [9.17, 15) is 4.79 Å². The molecule has 108 valence electrons. The van der Waals surface area contributed by atoms with Gasteiger partial charge in [0.15, 0.2) is 5.65 Å². The predicted molar refractivity (Wildman–Crippen MR) is 75.6 cm³/mol. The number of nitrogens with zero attached hydrogens (tertiary/aromatic N) is 4. The number of urea groups is 1. The van der Waals surface area contributed by atoms with Crippen LogP contribution in [-0.2, 0) is 6.54 Å². The number of carbonyl (C=O) groups excluding carboxylic acids is 1. The Kier molecular flexibility index (Phi) is 3.92. The largest absolute Gasteiger partial charge is 0.481 e. The predicted octanol–water partition coefficient (Wildman–Crippen LogP) is 0.293. The van der Waals surface area contributed by atoms with E-state index in [2.05, 4.69) is 15.3 Å². The fraction of sp³-hybridized carbons (Fsp3) is 0.417. The van der Waals surface area contributed by atoms with Gasteiger partial charge in [-0.3, -0.25) is 4.57 Å². The maximum Gasteiger partial charge on any atom is 0.316 e. The van der Waals surface area contributed by atoms with Gasteiger partial charge in [-0.1, -0.05) is 0 Å². The molecule has 0 aromatic carbocycles. The summed E-state index contributed by atoms with van der Waals surface area (Å²) < 4.78 is 6.84. The highest BCUT2D eigenvalue weighted by atomic mass is 16.5. The molecule has 0 spiro atoms. The van der Waals surface area contributed by atoms with Gasteiger partial charge in [-0.2, -0.15) is 4.98 Å². The van der Waals surface area contributed by atoms with Crippen LogP contribution < -0.4 is 15.8 Å². The minimum atomic E-state index is -0.154. The molecule has 0 fully saturated rings. The second-order valence-corrected chi connectivity index (χ2v) is 4.44. The van der Waals surface area contributed by atoms with Crippen molar-refractivity contribution >= 4 is 23.1 Å². The molecule has 2 aromatic rings. The topological polar surface area (TPSA) is 98.3 Å². The minimum Gasteiger partial charge on any atom is -0.481 e. The molecule has 2 amide bonds. The van der Waals surface area contributed by atoms with Crippen LogP contribution in [0.2, 0.25) is 0 Å². The Morgan fingerprint density at radius 2 is 2.20 bits per heavy atom. The molecule has 0 bridgehead atoms. The van der Waals surface area contributed by atoms with Crippen molar-refractivity contribution in [1.82, 2.24) is 24.8 Å². The third-order valence-corrected chi connectivity index (χ3v) is 2.82. The van der Waals surface area contributed by atoms with Crippen LogP contribution in [0.5, 0.6) is 5.88 Å². The van der Waals surface area contributed by atoms with E-state index in [1.807, 2.05) is 0 Å². The van der Waals surface area contributed by atoms with Crippen LogP contribution in [0.25, 0.3) is 11.2 Å². The van der Waals surface area contributed by atoms with E-state index in [0.29, 0.717) is 36.1 Å². The number of methoxy groups -OCH3 is 1. The van der Waals surface area contributed by atoms with Crippen molar-refractivity contribution in [1.29, 1.82) is 0 Å². The van der Waals surface area contributed by atoms with E-state index < -0.39 is 0 Å². The molecule has 2 aromatic heterocycles. The fourth-order valence-electron chi connectivity index (χ4n) is 1.77. The van der Waals surface area contributed by atoms with Gasteiger partial charge in [-0.15, -0.1) is 0 Å². The summed E-state index contributed by atoms with van der Waals surface area (Å²) >= 11 is 0. The Morgan fingerprint density at radius 1 is 1.45 bits per heavy atom. The van der Waals surface area contributed by atoms with Crippen LogP contribution in [0.15, 0.2) is 12.1 Å². The Bertz CT molecular complexity index is 622. The molecule has 2 heterocycles. The van der Waals surface area contributed by atoms with Crippen LogP contribution in [0.3, 0.4) is 0 Å². The molecule has 0 aliphatic heterocycles. The van der Waals surface area contributed by atoms with Gasteiger partial charge < -0.3 is 20.7 Å². The second-order valence-electron chi connectivity index (χ2n) is 4.44. The Labute approximate surface area is 116 Å². The molecule has 0 unspecified atom stereocenters. The number of carbonyl (C=O) groups is 1. The number of anilines is 1. The molecular weight excluding hydrogens is 260 g/mol. The third kappa shape index (κ3) is 2.73. The zero-order valence-corrected chi connectivity index (χ0v) is 11.8. The molecule has 0 atom stereocenters. The standard InChI is InChI=1S/C12H18N6O2/c1-17(2)12(19)14-6-7-18-10-8(15-11(18)13)4-5-9(16-10)20-3/h4-5H,6-7H2,1-3H3,(H2,13,15)(H,14,19). The lowest BCUT2D eigenvalue weighted by Gasteiger charge is -2.12. The molecule has 0 saturated carbocycles. The molecule has 0 aliphatic carbocycles. The number of aromatic nitrogens is 3. The van der Waals surface area contributed by atoms with Crippen LogP contribution in [0.4, 0.5) is 10.7 Å². The second kappa shape index (κ2) is 5.64. The Balaban J connectivity index is 2.16. The number of hydrogen-bond acceptors (Lipinski definition) is 5. The highest BCUT2D eigenvalue weighted by molar-refractivity contribution is 5.75. The first-order chi connectivity index (χ1) is 9.52. The van der Waals surface area contributed by atoms with Crippen molar-refractivity contribution in [2.24, 2.45) is 0 Å². The quantitative estimate of drug-likeness (QED) is 0.837. The average Bonchev–Trinajstić information content (AvgIpc) is 2.74. The molecular formula is C12H18N6O2. The molecule has 0 radical (unpaired) electrons. The van der Waals surface area contributed by atoms with Gasteiger partial charge in [0, 0.05) is 33.3 Å². The van der Waals surface area contributed by atoms with Crippen molar-refractivity contribution in [2.75, 3.05) is 33.5 Å². The zero-order chi connectivity index (χ0) is 14.7. The van der Waals surface area contributed by atoms with Crippen molar-refractivity contribution in [3.05, 3.63) is 12.1 Å². The van der Waals surface area contributed by atoms with Gasteiger partial charge in [0.25, 0.3) is 0 Å². The smallest absolute Gasteiger partial charge is 0.316 e. The van der Waals surface area contributed by atoms with E-state index in [1.165, 1.54) is 4.90 Å². The number of ether oxygens (including phenoxy) is 1. The molecule has 3 N–H and O–H groups in total. The van der Waals surface area contributed by atoms with E-state index >= 15 is 0 Å². The van der Waals surface area contributed by atoms with Crippen LogP contribution in [0, 0.1) is 0 Å². The number of pyridine rings is 1. The summed E-state index contributed by atoms with van der Waals surface area (Å²) in [6, 6.07) is 3.37. The lowest BCUT2D eigenvalue weighted by atomic mass is 10.4. The normalized spacial score (nSPS) is 10.6. The highest BCUT2D eigenvalue weighted by Crippen LogP contribution is 2.18. The van der Waals surface area contributed by atoms with E-state index in [-0.39, 0.29) is 6.03 Å². The summed E-state index contributed by atoms with van der Waals surface area (Å²) in [5, 5.41) is 2.76. The van der Waals surface area contributed by atoms with Crippen molar-refractivity contribution in [2.45, 2.75) is 6.54 Å². The van der Waals surface area contributed by atoms with E-state index in [4.69, 9.17) is 10.5 Å². The van der Waals surface area contributed by atoms with Crippen molar-refractivity contribution < 1.29 is 9.53 Å². The van der Waals surface area contributed by atoms with Crippen molar-refractivity contribution in [3.8, 4) is 5.88 Å². The van der Waals surface area contributed by atoms with E-state index in [1.54, 1.807) is 37.9 Å². The molecule has 8 nitrogen and oxygen atoms in total. The Hall–Kier alpha value is -2.51. The molecule has 20 heavy (non-hydrogen) atoms. The lowest BCUT2D eigenvalue weighted by Crippen LogP contribution is -2.36. The summed E-state index contributed by atoms with van der Waals surface area (Å²) in [6.45, 7) is 0.924. The molecule has 0 aliphatic rings. The SMILES string of the molecule is COc1ccc2nc(N)n(CCNC(=O)N(C)C)c2n1. The summed E-state index contributed by atoms with van der Waals surface area (Å²) in [6.07, 6.45) is 0. The monoisotopic (exact) mass is 278 g/mol. The summed E-state index contributed by atoms with van der Waals surface area (Å²) in [7, 11) is 4.92. The van der Waals surface area contributed by atoms with Gasteiger partial charge in [-0.25, -0.2) is 9.78 Å². The van der Waals surface area contributed by atoms with Crippen molar-refractivity contribution in [3.63, 3.8) is 0 Å². The summed E-state index contributed by atoms with van der Waals surface area (Å²) in [4.78, 5) is 21.5. The first kappa shape index (κ1) is 13.9. The molecule has 0 saturated heterocycles. The number of nitrogen functional groups attached to an aromatic ring is 1. The molecule has 2 rings (SSSR count). The number of nitrogens with one attached hydrogen (secondary N) is 1. The fourth-order valence-corrected chi connectivity index (χ4v) is 1.77. The number of nitrogens with two attached hydrogens (primary N) is 1. The first-order valence-corrected chi connectivity index (χ1v) is 6.15. The van der Waals surface area contributed by atoms with Gasteiger partial charge in [-0.05, 0) is 6.07 Å². The lowest BCUT2D eigenvalue weighted by molar-refractivity contribution is 0.217. The third-order valence-electron chi connectivity index (χ3n) is 2.82. The van der Waals surface area contributed by atoms with Crippen LogP contribution in [0.1, 0.15) is 0 Å². The number of fused-ring (bicyclic) bond motifs is 1.